The first kappa shape index (κ1) is 29.4. The highest BCUT2D eigenvalue weighted by atomic mass is 16.6. The number of nitrogens with two attached hydrogens (primary N) is 1. The summed E-state index contributed by atoms with van der Waals surface area (Å²) in [6.07, 6.45) is 0. The van der Waals surface area contributed by atoms with Gasteiger partial charge in [0.05, 0.1) is 0 Å². The zero-order valence-corrected chi connectivity index (χ0v) is 23.6. The van der Waals surface area contributed by atoms with Gasteiger partial charge in [-0.2, -0.15) is 5.90 Å². The van der Waals surface area contributed by atoms with Crippen molar-refractivity contribution in [1.82, 2.24) is 15.1 Å². The van der Waals surface area contributed by atoms with Gasteiger partial charge in [0.25, 0.3) is 0 Å². The summed E-state index contributed by atoms with van der Waals surface area (Å²) in [7, 11) is 1.94. The maximum Gasteiger partial charge on any atom is 0.244 e. The van der Waals surface area contributed by atoms with Crippen molar-refractivity contribution in [2.75, 3.05) is 51.2 Å². The molecule has 3 rings (SSSR count). The van der Waals surface area contributed by atoms with E-state index >= 15 is 0 Å². The molecule has 206 valence electrons. The summed E-state index contributed by atoms with van der Waals surface area (Å²) in [6, 6.07) is 16.1. The van der Waals surface area contributed by atoms with Gasteiger partial charge in [0.15, 0.2) is 0 Å². The van der Waals surface area contributed by atoms with Crippen molar-refractivity contribution in [2.24, 2.45) is 16.8 Å². The second kappa shape index (κ2) is 14.1. The smallest absolute Gasteiger partial charge is 0.244 e. The molecule has 2 aromatic rings. The number of nitrogens with zero attached hydrogens (tertiary/aromatic N) is 4. The molecule has 38 heavy (non-hydrogen) atoms. The van der Waals surface area contributed by atoms with Crippen LogP contribution in [-0.4, -0.2) is 67.9 Å². The lowest BCUT2D eigenvalue weighted by Gasteiger charge is -2.41. The average molecular weight is 521 g/mol. The van der Waals surface area contributed by atoms with E-state index in [-0.39, 0.29) is 17.9 Å². The molecule has 0 saturated carbocycles. The molecule has 2 aromatic carbocycles. The molecule has 1 unspecified atom stereocenters. The number of rotatable bonds is 11. The lowest BCUT2D eigenvalue weighted by atomic mass is 10.0. The number of amides is 1. The number of aliphatic imine (C=N–C) groups is 1. The minimum absolute atomic E-state index is 0.173. The fourth-order valence-corrected chi connectivity index (χ4v) is 4.85. The molecule has 8 heteroatoms. The van der Waals surface area contributed by atoms with E-state index < -0.39 is 0 Å². The lowest BCUT2D eigenvalue weighted by molar-refractivity contribution is -0.137. The molecule has 1 amide bonds. The van der Waals surface area contributed by atoms with Gasteiger partial charge in [0, 0.05) is 62.8 Å². The van der Waals surface area contributed by atoms with Gasteiger partial charge in [-0.15, -0.1) is 0 Å². The highest BCUT2D eigenvalue weighted by molar-refractivity contribution is 5.95. The van der Waals surface area contributed by atoms with E-state index in [1.54, 1.807) is 0 Å². The van der Waals surface area contributed by atoms with Crippen molar-refractivity contribution in [3.8, 4) is 0 Å². The fourth-order valence-electron chi connectivity index (χ4n) is 4.85. The molecule has 1 fully saturated rings. The fraction of sp³-hybridized carbons (Fsp3) is 0.467. The molecule has 0 bridgehead atoms. The van der Waals surface area contributed by atoms with Crippen LogP contribution < -0.4 is 16.1 Å². The van der Waals surface area contributed by atoms with E-state index in [2.05, 4.69) is 51.0 Å². The number of hydrogen-bond donors (Lipinski definition) is 2. The van der Waals surface area contributed by atoms with Gasteiger partial charge in [0.2, 0.25) is 11.8 Å². The summed E-state index contributed by atoms with van der Waals surface area (Å²) in [6.45, 7) is 17.5. The molecular formula is C30H44N6O2. The maximum absolute atomic E-state index is 13.6. The molecule has 3 N–H and O–H groups in total. The van der Waals surface area contributed by atoms with Crippen LogP contribution in [0.1, 0.15) is 50.4 Å². The molecule has 8 nitrogen and oxygen atoms in total. The normalized spacial score (nSPS) is 15.4. The predicted octanol–water partition coefficient (Wildman–Crippen LogP) is 3.94. The number of likely N-dealkylation sites (N-methyl/N-ethyl adjacent to an activating group) is 1. The van der Waals surface area contributed by atoms with E-state index in [1.165, 1.54) is 0 Å². The van der Waals surface area contributed by atoms with Crippen LogP contribution in [0.3, 0.4) is 0 Å². The first-order valence-corrected chi connectivity index (χ1v) is 13.6. The van der Waals surface area contributed by atoms with Crippen molar-refractivity contribution < 1.29 is 9.63 Å². The molecule has 0 spiro atoms. The SMILES string of the molecule is C=C(/N=C(\ON)c1ccc(N2CCN(C(C(=O)N(CC)CC)c3ccccc3)CC2)c(CNC)c1)C(C)C. The van der Waals surface area contributed by atoms with Gasteiger partial charge in [-0.1, -0.05) is 50.8 Å². The van der Waals surface area contributed by atoms with Crippen LogP contribution in [-0.2, 0) is 16.2 Å². The van der Waals surface area contributed by atoms with E-state index in [9.17, 15) is 4.79 Å². The van der Waals surface area contributed by atoms with Crippen molar-refractivity contribution in [1.29, 1.82) is 0 Å². The third-order valence-corrected chi connectivity index (χ3v) is 7.16. The third kappa shape index (κ3) is 7.01. The van der Waals surface area contributed by atoms with Gasteiger partial charge in [0.1, 0.15) is 6.04 Å². The number of allylic oxidation sites excluding steroid dienone is 1. The number of carbonyl (C=O) groups is 1. The number of benzene rings is 2. The van der Waals surface area contributed by atoms with Crippen LogP contribution in [0.15, 0.2) is 65.8 Å². The standard InChI is InChI=1S/C30H44N6O2/c1-7-34(8-2)30(37)28(24-12-10-9-11-13-24)36-18-16-35(17-19-36)27-15-14-25(20-26(27)21-32-6)29(38-31)33-23(5)22(3)4/h9-15,20,22,28,32H,5,7-8,16-19,21,31H2,1-4,6H3/b33-29-. The van der Waals surface area contributed by atoms with Gasteiger partial charge in [-0.3, -0.25) is 9.69 Å². The van der Waals surface area contributed by atoms with Crippen LogP contribution in [0.2, 0.25) is 0 Å². The second-order valence-corrected chi connectivity index (χ2v) is 9.90. The topological polar surface area (TPSA) is 86.4 Å². The minimum Gasteiger partial charge on any atom is -0.391 e. The highest BCUT2D eigenvalue weighted by Crippen LogP contribution is 2.29. The maximum atomic E-state index is 13.6. The van der Waals surface area contributed by atoms with Crippen LogP contribution in [0.4, 0.5) is 5.69 Å². The summed E-state index contributed by atoms with van der Waals surface area (Å²) < 4.78 is 0. The van der Waals surface area contributed by atoms with Crippen molar-refractivity contribution in [3.05, 3.63) is 77.5 Å². The Balaban J connectivity index is 1.83. The first-order chi connectivity index (χ1) is 18.3. The predicted molar refractivity (Wildman–Crippen MR) is 156 cm³/mol. The van der Waals surface area contributed by atoms with Crippen LogP contribution in [0.25, 0.3) is 0 Å². The molecule has 1 aliphatic rings. The number of hydrogen-bond acceptors (Lipinski definition) is 7. The molecule has 1 aliphatic heterocycles. The van der Waals surface area contributed by atoms with Gasteiger partial charge < -0.3 is 20.0 Å². The Morgan fingerprint density at radius 3 is 2.32 bits per heavy atom. The van der Waals surface area contributed by atoms with Gasteiger partial charge in [-0.05, 0) is 56.1 Å². The molecule has 1 heterocycles. The Hall–Kier alpha value is -3.20. The van der Waals surface area contributed by atoms with Gasteiger partial charge in [-0.25, -0.2) is 4.99 Å². The quantitative estimate of drug-likeness (QED) is 0.265. The number of carbonyl (C=O) groups excluding carboxylic acids is 1. The molecule has 1 saturated heterocycles. The summed E-state index contributed by atoms with van der Waals surface area (Å²) >= 11 is 0. The Morgan fingerprint density at radius 2 is 1.76 bits per heavy atom. The van der Waals surface area contributed by atoms with Crippen LogP contribution >= 0.6 is 0 Å². The van der Waals surface area contributed by atoms with Gasteiger partial charge >= 0.3 is 0 Å². The number of anilines is 1. The molecule has 1 atom stereocenters. The molecule has 0 aliphatic carbocycles. The van der Waals surface area contributed by atoms with E-state index in [4.69, 9.17) is 10.7 Å². The monoisotopic (exact) mass is 520 g/mol. The molecule has 0 radical (unpaired) electrons. The Kier molecular flexibility index (Phi) is 10.9. The summed E-state index contributed by atoms with van der Waals surface area (Å²) in [5.41, 5.74) is 4.88. The largest absolute Gasteiger partial charge is 0.391 e. The summed E-state index contributed by atoms with van der Waals surface area (Å²) in [5.74, 6) is 6.31. The zero-order chi connectivity index (χ0) is 27.7. The van der Waals surface area contributed by atoms with Crippen molar-refractivity contribution in [2.45, 2.75) is 40.3 Å². The van der Waals surface area contributed by atoms with E-state index in [0.717, 1.165) is 48.6 Å². The first-order valence-electron chi connectivity index (χ1n) is 13.6. The summed E-state index contributed by atoms with van der Waals surface area (Å²) in [4.78, 5) is 29.9. The molecular weight excluding hydrogens is 476 g/mol. The number of nitrogens with one attached hydrogen (secondary N) is 1. The van der Waals surface area contributed by atoms with E-state index in [0.29, 0.717) is 31.2 Å². The Morgan fingerprint density at radius 1 is 1.11 bits per heavy atom. The summed E-state index contributed by atoms with van der Waals surface area (Å²) in [5, 5.41) is 3.28. The Labute approximate surface area is 228 Å². The van der Waals surface area contributed by atoms with Crippen molar-refractivity contribution in [3.63, 3.8) is 0 Å². The van der Waals surface area contributed by atoms with Crippen LogP contribution in [0.5, 0.6) is 0 Å². The van der Waals surface area contributed by atoms with Crippen molar-refractivity contribution >= 4 is 17.5 Å². The highest BCUT2D eigenvalue weighted by Gasteiger charge is 2.33. The average Bonchev–Trinajstić information content (AvgIpc) is 2.93. The number of piperazine rings is 1. The minimum atomic E-state index is -0.271. The molecule has 0 aromatic heterocycles. The zero-order valence-electron chi connectivity index (χ0n) is 23.6. The van der Waals surface area contributed by atoms with E-state index in [1.807, 2.05) is 63.9 Å². The second-order valence-electron chi connectivity index (χ2n) is 9.90. The Bertz CT molecular complexity index is 1090. The van der Waals surface area contributed by atoms with Crippen LogP contribution in [0, 0.1) is 5.92 Å². The third-order valence-electron chi connectivity index (χ3n) is 7.16. The lowest BCUT2D eigenvalue weighted by Crippen LogP contribution is -2.52.